The number of hydrogen-bond donors (Lipinski definition) is 0. The Labute approximate surface area is 147 Å². The summed E-state index contributed by atoms with van der Waals surface area (Å²) >= 11 is 8.58. The average Bonchev–Trinajstić information content (AvgIpc) is 2.53. The molecule has 1 amide bonds. The van der Waals surface area contributed by atoms with Crippen LogP contribution in [0.1, 0.15) is 15.9 Å². The van der Waals surface area contributed by atoms with E-state index < -0.39 is 17.9 Å². The van der Waals surface area contributed by atoms with Gasteiger partial charge in [0.2, 0.25) is 0 Å². The van der Waals surface area contributed by atoms with Crippen molar-refractivity contribution in [3.05, 3.63) is 33.8 Å². The largest absolute Gasteiger partial charge is 0.468 e. The van der Waals surface area contributed by atoms with Crippen LogP contribution in [-0.4, -0.2) is 55.9 Å². The topological polar surface area (TPSA) is 72.9 Å². The second-order valence-electron chi connectivity index (χ2n) is 4.73. The van der Waals surface area contributed by atoms with Crippen molar-refractivity contribution in [3.8, 4) is 0 Å². The Hall–Kier alpha value is -1.80. The van der Waals surface area contributed by atoms with Crippen LogP contribution in [0.15, 0.2) is 22.7 Å². The summed E-state index contributed by atoms with van der Waals surface area (Å²) in [6.45, 7) is 0. The van der Waals surface area contributed by atoms with Crippen molar-refractivity contribution in [3.63, 3.8) is 0 Å². The van der Waals surface area contributed by atoms with E-state index in [0.29, 0.717) is 10.0 Å². The highest BCUT2D eigenvalue weighted by molar-refractivity contribution is 9.10. The Balaban J connectivity index is 3.45. The van der Waals surface area contributed by atoms with Gasteiger partial charge in [0.1, 0.15) is 0 Å². The number of benzene rings is 1. The zero-order valence-electron chi connectivity index (χ0n) is 13.1. The molecule has 0 aliphatic rings. The maximum absolute atomic E-state index is 12.3. The lowest BCUT2D eigenvalue weighted by molar-refractivity contribution is -0.154. The van der Waals surface area contributed by atoms with Crippen molar-refractivity contribution in [2.75, 3.05) is 28.3 Å². The number of esters is 2. The summed E-state index contributed by atoms with van der Waals surface area (Å²) in [6.07, 6.45) is 0. The number of carbonyl (C=O) groups excluding carboxylic acids is 3. The molecule has 0 spiro atoms. The van der Waals surface area contributed by atoms with Crippen LogP contribution in [0.5, 0.6) is 0 Å². The second kappa shape index (κ2) is 8.16. The van der Waals surface area contributed by atoms with Gasteiger partial charge < -0.3 is 14.4 Å². The first-order chi connectivity index (χ1) is 10.7. The molecule has 124 valence electrons. The van der Waals surface area contributed by atoms with Crippen molar-refractivity contribution in [1.29, 1.82) is 0 Å². The molecule has 1 aromatic rings. The Bertz CT molecular complexity index is 643. The van der Waals surface area contributed by atoms with Crippen LogP contribution in [-0.2, 0) is 19.1 Å². The molecule has 0 radical (unpaired) electrons. The van der Waals surface area contributed by atoms with E-state index in [9.17, 15) is 14.4 Å². The van der Waals surface area contributed by atoms with E-state index in [0.717, 1.165) is 14.2 Å². The summed E-state index contributed by atoms with van der Waals surface area (Å²) in [4.78, 5) is 37.5. The monoisotopic (exact) mass is 401 g/mol. The minimum absolute atomic E-state index is 0.0322. The molecule has 6 nitrogen and oxygen atoms in total. The van der Waals surface area contributed by atoms with E-state index in [2.05, 4.69) is 25.4 Å². The number of ether oxygens (including phenoxy) is 2. The first-order valence-corrected chi connectivity index (χ1v) is 7.65. The summed E-state index contributed by atoms with van der Waals surface area (Å²) in [5.74, 6) is -3.40. The van der Waals surface area contributed by atoms with E-state index in [-0.39, 0.29) is 16.3 Å². The highest BCUT2D eigenvalue weighted by Gasteiger charge is 2.35. The molecule has 1 aromatic carbocycles. The van der Waals surface area contributed by atoms with Gasteiger partial charge in [-0.05, 0) is 18.2 Å². The maximum atomic E-state index is 12.3. The van der Waals surface area contributed by atoms with Gasteiger partial charge in [-0.2, -0.15) is 0 Å². The molecule has 1 rings (SSSR count). The quantitative estimate of drug-likeness (QED) is 0.324. The summed E-state index contributed by atoms with van der Waals surface area (Å²) in [7, 11) is 5.48. The first-order valence-electron chi connectivity index (χ1n) is 6.45. The van der Waals surface area contributed by atoms with Crippen molar-refractivity contribution >= 4 is 50.9 Å². The molecule has 0 unspecified atom stereocenters. The minimum atomic E-state index is -1.41. The number of thiocarbonyl (C=S) groups is 1. The smallest absolute Gasteiger partial charge is 0.325 e. The molecule has 0 aliphatic carbocycles. The maximum Gasteiger partial charge on any atom is 0.325 e. The van der Waals surface area contributed by atoms with Gasteiger partial charge in [0.25, 0.3) is 5.91 Å². The molecular weight excluding hydrogens is 386 g/mol. The van der Waals surface area contributed by atoms with Gasteiger partial charge in [-0.3, -0.25) is 14.4 Å². The molecule has 8 heteroatoms. The second-order valence-corrected chi connectivity index (χ2v) is 6.09. The molecule has 0 aliphatic heterocycles. The lowest BCUT2D eigenvalue weighted by atomic mass is 9.94. The van der Waals surface area contributed by atoms with E-state index in [4.69, 9.17) is 12.2 Å². The fraction of sp³-hybridized carbons (Fsp3) is 0.333. The number of hydrogen-bond acceptors (Lipinski definition) is 6. The van der Waals surface area contributed by atoms with Gasteiger partial charge in [0.05, 0.1) is 14.2 Å². The van der Waals surface area contributed by atoms with Crippen LogP contribution in [0.3, 0.4) is 0 Å². The van der Waals surface area contributed by atoms with Gasteiger partial charge in [-0.25, -0.2) is 0 Å². The average molecular weight is 402 g/mol. The number of nitrogens with zero attached hydrogens (tertiary/aromatic N) is 1. The summed E-state index contributed by atoms with van der Waals surface area (Å²) in [5.41, 5.74) is 0.579. The van der Waals surface area contributed by atoms with Crippen molar-refractivity contribution in [2.24, 2.45) is 5.92 Å². The highest BCUT2D eigenvalue weighted by Crippen LogP contribution is 2.23. The summed E-state index contributed by atoms with van der Waals surface area (Å²) < 4.78 is 9.89. The molecular formula is C15H16BrNO5S. The van der Waals surface area contributed by atoms with Gasteiger partial charge in [-0.15, -0.1) is 0 Å². The minimum Gasteiger partial charge on any atom is -0.468 e. The molecule has 0 aromatic heterocycles. The van der Waals surface area contributed by atoms with Gasteiger partial charge >= 0.3 is 11.9 Å². The van der Waals surface area contributed by atoms with E-state index in [1.807, 2.05) is 0 Å². The van der Waals surface area contributed by atoms with Crippen LogP contribution < -0.4 is 0 Å². The zero-order chi connectivity index (χ0) is 17.7. The number of halogens is 1. The number of rotatable bonds is 5. The van der Waals surface area contributed by atoms with Gasteiger partial charge in [0.15, 0.2) is 5.92 Å². The summed E-state index contributed by atoms with van der Waals surface area (Å²) in [5, 5.41) is 0. The number of amides is 1. The third kappa shape index (κ3) is 4.35. The zero-order valence-corrected chi connectivity index (χ0v) is 15.5. The third-order valence-corrected chi connectivity index (χ3v) is 3.97. The molecule has 0 N–H and O–H groups in total. The SMILES string of the molecule is COC(=O)C(C(=O)OC)C(=S)c1cc(Br)ccc1C(=O)N(C)C. The fourth-order valence-electron chi connectivity index (χ4n) is 1.85. The lowest BCUT2D eigenvalue weighted by Crippen LogP contribution is -2.35. The molecule has 23 heavy (non-hydrogen) atoms. The fourth-order valence-corrected chi connectivity index (χ4v) is 2.57. The number of carbonyl (C=O) groups is 3. The molecule has 0 saturated heterocycles. The van der Waals surface area contributed by atoms with Gasteiger partial charge in [-0.1, -0.05) is 28.1 Å². The van der Waals surface area contributed by atoms with Crippen molar-refractivity contribution in [2.45, 2.75) is 0 Å². The normalized spacial score (nSPS) is 10.2. The van der Waals surface area contributed by atoms with Crippen molar-refractivity contribution in [1.82, 2.24) is 4.90 Å². The Kier molecular flexibility index (Phi) is 6.83. The van der Waals surface area contributed by atoms with Crippen LogP contribution in [0.2, 0.25) is 0 Å². The molecule has 0 atom stereocenters. The predicted octanol–water partition coefficient (Wildman–Crippen LogP) is 1.83. The van der Waals surface area contributed by atoms with Crippen LogP contribution in [0.25, 0.3) is 0 Å². The lowest BCUT2D eigenvalue weighted by Gasteiger charge is -2.18. The third-order valence-electron chi connectivity index (χ3n) is 3.02. The predicted molar refractivity (Wildman–Crippen MR) is 91.4 cm³/mol. The highest BCUT2D eigenvalue weighted by atomic mass is 79.9. The Morgan fingerprint density at radius 1 is 1.09 bits per heavy atom. The number of methoxy groups -OCH3 is 2. The Morgan fingerprint density at radius 2 is 1.61 bits per heavy atom. The van der Waals surface area contributed by atoms with E-state index in [1.54, 1.807) is 32.3 Å². The molecule has 0 fully saturated rings. The van der Waals surface area contributed by atoms with E-state index in [1.165, 1.54) is 4.90 Å². The van der Waals surface area contributed by atoms with Crippen molar-refractivity contribution < 1.29 is 23.9 Å². The molecule has 0 bridgehead atoms. The van der Waals surface area contributed by atoms with Crippen LogP contribution in [0, 0.1) is 5.92 Å². The van der Waals surface area contributed by atoms with Gasteiger partial charge in [0, 0.05) is 34.6 Å². The first kappa shape index (κ1) is 19.2. The van der Waals surface area contributed by atoms with E-state index >= 15 is 0 Å². The molecule has 0 saturated carbocycles. The summed E-state index contributed by atoms with van der Waals surface area (Å²) in [6, 6.07) is 4.83. The Morgan fingerprint density at radius 3 is 2.04 bits per heavy atom. The molecule has 0 heterocycles. The van der Waals surface area contributed by atoms with Crippen LogP contribution >= 0.6 is 28.1 Å². The standard InChI is InChI=1S/C15H16BrNO5S/c1-17(2)13(18)9-6-5-8(16)7-10(9)12(23)11(14(19)21-3)15(20)22-4/h5-7,11H,1-4H3. The van der Waals surface area contributed by atoms with Crippen LogP contribution in [0.4, 0.5) is 0 Å².